The van der Waals surface area contributed by atoms with E-state index in [-0.39, 0.29) is 0 Å². The lowest BCUT2D eigenvalue weighted by Crippen LogP contribution is -2.10. The van der Waals surface area contributed by atoms with E-state index in [4.69, 9.17) is 13.8 Å². The summed E-state index contributed by atoms with van der Waals surface area (Å²) in [6.07, 6.45) is 0. The maximum atomic E-state index is 6.48. The zero-order valence-corrected chi connectivity index (χ0v) is 26.4. The van der Waals surface area contributed by atoms with Gasteiger partial charge in [0.2, 0.25) is 5.89 Å². The minimum absolute atomic E-state index is 0.622. The molecule has 0 atom stereocenters. The lowest BCUT2D eigenvalue weighted by atomic mass is 10.0. The first kappa shape index (κ1) is 27.5. The fraction of sp³-hybridized carbons (Fsp3) is 0. The Labute approximate surface area is 282 Å². The number of benzene rings is 8. The monoisotopic (exact) mass is 628 g/mol. The van der Waals surface area contributed by atoms with Crippen LogP contribution < -0.4 is 4.90 Å². The molecule has 230 valence electrons. The molecule has 0 saturated carbocycles. The molecule has 4 nitrogen and oxygen atoms in total. The first-order chi connectivity index (χ1) is 24.3. The van der Waals surface area contributed by atoms with Gasteiger partial charge in [-0.1, -0.05) is 109 Å². The first-order valence-corrected chi connectivity index (χ1v) is 16.5. The molecule has 2 heterocycles. The summed E-state index contributed by atoms with van der Waals surface area (Å²) in [6.45, 7) is 0. The Morgan fingerprint density at radius 1 is 0.429 bits per heavy atom. The third-order valence-electron chi connectivity index (χ3n) is 9.49. The molecule has 8 aromatic carbocycles. The van der Waals surface area contributed by atoms with Crippen molar-refractivity contribution in [1.82, 2.24) is 4.98 Å². The number of rotatable bonds is 5. The van der Waals surface area contributed by atoms with E-state index in [1.165, 1.54) is 16.2 Å². The Kier molecular flexibility index (Phi) is 6.15. The van der Waals surface area contributed by atoms with Gasteiger partial charge < -0.3 is 13.7 Å². The summed E-state index contributed by atoms with van der Waals surface area (Å²) in [5.41, 5.74) is 9.69. The van der Waals surface area contributed by atoms with Crippen LogP contribution in [0.5, 0.6) is 0 Å². The van der Waals surface area contributed by atoms with Crippen LogP contribution in [0.25, 0.3) is 77.2 Å². The second-order valence-electron chi connectivity index (χ2n) is 12.4. The van der Waals surface area contributed by atoms with Gasteiger partial charge in [0, 0.05) is 44.0 Å². The summed E-state index contributed by atoms with van der Waals surface area (Å²) in [4.78, 5) is 7.27. The SMILES string of the molecule is c1ccc(-c2nc3c(-c4ccc(N(c5ccc6oc7c8ccccc8ccc7c6c5)c5cccc6ccccc56)cc4)cccc3o2)cc1. The molecular formula is C45H28N2O2. The number of hydrogen-bond donors (Lipinski definition) is 0. The van der Waals surface area contributed by atoms with Crippen LogP contribution in [-0.4, -0.2) is 4.98 Å². The predicted molar refractivity (Wildman–Crippen MR) is 202 cm³/mol. The number of para-hydroxylation sites is 1. The van der Waals surface area contributed by atoms with E-state index in [0.29, 0.717) is 5.89 Å². The molecule has 10 rings (SSSR count). The molecule has 0 aliphatic heterocycles. The quantitative estimate of drug-likeness (QED) is 0.190. The Bertz CT molecular complexity index is 2820. The molecule has 0 spiro atoms. The van der Waals surface area contributed by atoms with Crippen LogP contribution in [0.2, 0.25) is 0 Å². The van der Waals surface area contributed by atoms with Crippen molar-refractivity contribution in [3.05, 3.63) is 170 Å². The van der Waals surface area contributed by atoms with E-state index in [0.717, 1.165) is 72.2 Å². The number of oxazole rings is 1. The fourth-order valence-electron chi connectivity index (χ4n) is 7.14. The molecule has 0 fully saturated rings. The van der Waals surface area contributed by atoms with Gasteiger partial charge in [-0.25, -0.2) is 4.98 Å². The third-order valence-corrected chi connectivity index (χ3v) is 9.49. The Morgan fingerprint density at radius 3 is 2.00 bits per heavy atom. The van der Waals surface area contributed by atoms with Crippen LogP contribution in [0.15, 0.2) is 179 Å². The summed E-state index contributed by atoms with van der Waals surface area (Å²) < 4.78 is 12.7. The average Bonchev–Trinajstić information content (AvgIpc) is 3.78. The zero-order chi connectivity index (χ0) is 32.3. The van der Waals surface area contributed by atoms with E-state index < -0.39 is 0 Å². The molecule has 0 unspecified atom stereocenters. The summed E-state index contributed by atoms with van der Waals surface area (Å²) in [5.74, 6) is 0.622. The number of furan rings is 1. The van der Waals surface area contributed by atoms with Crippen LogP contribution in [0.3, 0.4) is 0 Å². The molecule has 0 aliphatic carbocycles. The van der Waals surface area contributed by atoms with Crippen LogP contribution in [0.4, 0.5) is 17.1 Å². The Hall–Kier alpha value is -6.65. The molecular weight excluding hydrogens is 601 g/mol. The van der Waals surface area contributed by atoms with Gasteiger partial charge in [0.1, 0.15) is 16.7 Å². The summed E-state index contributed by atoms with van der Waals surface area (Å²) in [6, 6.07) is 59.2. The van der Waals surface area contributed by atoms with Crippen molar-refractivity contribution in [2.45, 2.75) is 0 Å². The van der Waals surface area contributed by atoms with Crippen molar-refractivity contribution >= 4 is 71.6 Å². The number of anilines is 3. The minimum Gasteiger partial charge on any atom is -0.455 e. The molecule has 0 aliphatic rings. The lowest BCUT2D eigenvalue weighted by Gasteiger charge is -2.27. The van der Waals surface area contributed by atoms with E-state index >= 15 is 0 Å². The van der Waals surface area contributed by atoms with Crippen molar-refractivity contribution in [1.29, 1.82) is 0 Å². The molecule has 49 heavy (non-hydrogen) atoms. The largest absolute Gasteiger partial charge is 0.455 e. The smallest absolute Gasteiger partial charge is 0.227 e. The van der Waals surface area contributed by atoms with Gasteiger partial charge in [0.15, 0.2) is 5.58 Å². The van der Waals surface area contributed by atoms with Gasteiger partial charge in [-0.05, 0) is 77.0 Å². The highest BCUT2D eigenvalue weighted by atomic mass is 16.3. The molecule has 2 aromatic heterocycles. The van der Waals surface area contributed by atoms with E-state index in [2.05, 4.69) is 132 Å². The predicted octanol–water partition coefficient (Wildman–Crippen LogP) is 12.8. The highest BCUT2D eigenvalue weighted by Gasteiger charge is 2.19. The van der Waals surface area contributed by atoms with E-state index in [9.17, 15) is 0 Å². The van der Waals surface area contributed by atoms with E-state index in [1.807, 2.05) is 42.5 Å². The normalized spacial score (nSPS) is 11.7. The fourth-order valence-corrected chi connectivity index (χ4v) is 7.14. The molecule has 0 N–H and O–H groups in total. The van der Waals surface area contributed by atoms with Crippen molar-refractivity contribution in [2.24, 2.45) is 0 Å². The van der Waals surface area contributed by atoms with Crippen LogP contribution in [0, 0.1) is 0 Å². The topological polar surface area (TPSA) is 42.4 Å². The molecule has 4 heteroatoms. The second kappa shape index (κ2) is 11.0. The number of hydrogen-bond acceptors (Lipinski definition) is 4. The van der Waals surface area contributed by atoms with Crippen molar-refractivity contribution < 1.29 is 8.83 Å². The first-order valence-electron chi connectivity index (χ1n) is 16.5. The third kappa shape index (κ3) is 4.49. The van der Waals surface area contributed by atoms with Crippen LogP contribution >= 0.6 is 0 Å². The maximum Gasteiger partial charge on any atom is 0.227 e. The van der Waals surface area contributed by atoms with Gasteiger partial charge in [0.05, 0.1) is 5.69 Å². The Balaban J connectivity index is 1.13. The highest BCUT2D eigenvalue weighted by molar-refractivity contribution is 6.16. The van der Waals surface area contributed by atoms with Gasteiger partial charge in [-0.2, -0.15) is 0 Å². The van der Waals surface area contributed by atoms with E-state index in [1.54, 1.807) is 0 Å². The van der Waals surface area contributed by atoms with Crippen molar-refractivity contribution in [3.63, 3.8) is 0 Å². The molecule has 0 radical (unpaired) electrons. The number of fused-ring (bicyclic) bond motifs is 7. The zero-order valence-electron chi connectivity index (χ0n) is 26.4. The highest BCUT2D eigenvalue weighted by Crippen LogP contribution is 2.43. The molecule has 10 aromatic rings. The van der Waals surface area contributed by atoms with Gasteiger partial charge in [-0.15, -0.1) is 0 Å². The standard InChI is InChI=1S/C45H28N2O2/c1-2-12-32(13-3-1)45-46-43-36(17-9-19-42(43)49-45)31-20-23-33(24-21-31)47(40-18-8-14-29-10-4-6-15-35(29)40)34-25-27-41-39(28-34)38-26-22-30-11-5-7-16-37(30)44(38)48-41/h1-28H. The maximum absolute atomic E-state index is 6.48. The summed E-state index contributed by atoms with van der Waals surface area (Å²) >= 11 is 0. The molecule has 0 bridgehead atoms. The van der Waals surface area contributed by atoms with Crippen molar-refractivity contribution in [3.8, 4) is 22.6 Å². The summed E-state index contributed by atoms with van der Waals surface area (Å²) in [7, 11) is 0. The van der Waals surface area contributed by atoms with Crippen molar-refractivity contribution in [2.75, 3.05) is 4.90 Å². The number of nitrogens with zero attached hydrogens (tertiary/aromatic N) is 2. The lowest BCUT2D eigenvalue weighted by molar-refractivity contribution is 0.620. The average molecular weight is 629 g/mol. The second-order valence-corrected chi connectivity index (χ2v) is 12.4. The van der Waals surface area contributed by atoms with Crippen LogP contribution in [0.1, 0.15) is 0 Å². The van der Waals surface area contributed by atoms with Gasteiger partial charge in [0.25, 0.3) is 0 Å². The van der Waals surface area contributed by atoms with Gasteiger partial charge >= 0.3 is 0 Å². The number of aromatic nitrogens is 1. The van der Waals surface area contributed by atoms with Crippen LogP contribution in [-0.2, 0) is 0 Å². The van der Waals surface area contributed by atoms with Gasteiger partial charge in [-0.3, -0.25) is 0 Å². The summed E-state index contributed by atoms with van der Waals surface area (Å²) in [5, 5.41) is 6.86. The molecule has 0 amide bonds. The Morgan fingerprint density at radius 2 is 1.14 bits per heavy atom. The molecule has 0 saturated heterocycles. The minimum atomic E-state index is 0.622.